The minimum atomic E-state index is -1.03. The number of rotatable bonds is 5. The fourth-order valence-corrected chi connectivity index (χ4v) is 2.87. The summed E-state index contributed by atoms with van der Waals surface area (Å²) in [6, 6.07) is 6.96. The highest BCUT2D eigenvalue weighted by molar-refractivity contribution is 6.30. The Morgan fingerprint density at radius 3 is 2.58 bits per heavy atom. The molecular formula is C18H19ClFN3O3. The van der Waals surface area contributed by atoms with Gasteiger partial charge in [-0.25, -0.2) is 14.4 Å². The third-order valence-electron chi connectivity index (χ3n) is 4.00. The summed E-state index contributed by atoms with van der Waals surface area (Å²) in [5, 5.41) is 0.601. The molecule has 2 aromatic rings. The van der Waals surface area contributed by atoms with Gasteiger partial charge in [0.15, 0.2) is 11.4 Å². The number of hydrogen-bond donors (Lipinski definition) is 0. The van der Waals surface area contributed by atoms with Crippen molar-refractivity contribution in [1.82, 2.24) is 14.9 Å². The molecular weight excluding hydrogens is 361 g/mol. The maximum atomic E-state index is 12.8. The maximum Gasteiger partial charge on any atom is 0.316 e. The van der Waals surface area contributed by atoms with E-state index in [0.717, 1.165) is 12.4 Å². The van der Waals surface area contributed by atoms with Crippen LogP contribution >= 0.6 is 11.6 Å². The lowest BCUT2D eigenvalue weighted by Crippen LogP contribution is -2.48. The van der Waals surface area contributed by atoms with Crippen LogP contribution in [-0.2, 0) is 4.79 Å². The van der Waals surface area contributed by atoms with Gasteiger partial charge in [-0.15, -0.1) is 0 Å². The lowest BCUT2D eigenvalue weighted by atomic mass is 10.1. The maximum absolute atomic E-state index is 12.8. The van der Waals surface area contributed by atoms with Crippen LogP contribution in [0, 0.1) is 5.82 Å². The monoisotopic (exact) mass is 379 g/mol. The second-order valence-corrected chi connectivity index (χ2v) is 6.97. The highest BCUT2D eigenvalue weighted by atomic mass is 35.5. The Morgan fingerprint density at radius 1 is 1.27 bits per heavy atom. The van der Waals surface area contributed by atoms with E-state index in [1.807, 2.05) is 0 Å². The predicted molar refractivity (Wildman–Crippen MR) is 93.8 cm³/mol. The molecule has 138 valence electrons. The highest BCUT2D eigenvalue weighted by Gasteiger charge is 2.38. The number of halogens is 2. The molecule has 0 radical (unpaired) electrons. The zero-order valence-corrected chi connectivity index (χ0v) is 15.2. The van der Waals surface area contributed by atoms with Gasteiger partial charge < -0.3 is 14.4 Å². The van der Waals surface area contributed by atoms with Crippen LogP contribution in [0.25, 0.3) is 0 Å². The third kappa shape index (κ3) is 4.40. The van der Waals surface area contributed by atoms with Gasteiger partial charge >= 0.3 is 6.01 Å². The Bertz CT molecular complexity index is 768. The Morgan fingerprint density at radius 2 is 1.92 bits per heavy atom. The molecule has 1 saturated heterocycles. The second-order valence-electron chi connectivity index (χ2n) is 6.53. The first-order valence-corrected chi connectivity index (χ1v) is 8.59. The van der Waals surface area contributed by atoms with E-state index >= 15 is 0 Å². The highest BCUT2D eigenvalue weighted by Crippen LogP contribution is 2.24. The van der Waals surface area contributed by atoms with Gasteiger partial charge in [0.2, 0.25) is 0 Å². The molecule has 1 aliphatic heterocycles. The van der Waals surface area contributed by atoms with Crippen molar-refractivity contribution in [3.8, 4) is 11.8 Å². The summed E-state index contributed by atoms with van der Waals surface area (Å²) in [6.45, 7) is 4.38. The topological polar surface area (TPSA) is 64.5 Å². The summed E-state index contributed by atoms with van der Waals surface area (Å²) in [4.78, 5) is 22.1. The fourth-order valence-electron chi connectivity index (χ4n) is 2.74. The van der Waals surface area contributed by atoms with Crippen LogP contribution in [0.1, 0.15) is 20.3 Å². The molecule has 6 nitrogen and oxygen atoms in total. The van der Waals surface area contributed by atoms with Crippen LogP contribution in [0.2, 0.25) is 5.02 Å². The standard InChI is InChI=1S/C18H19ClFN3O3/c1-18(2,26-14-5-3-12(19)4-6-14)16(24)23-8-7-15(11-23)25-17-21-9-13(20)10-22-17/h3-6,9-10,15H,7-8,11H2,1-2H3/t15-/m0/s1. The van der Waals surface area contributed by atoms with E-state index in [9.17, 15) is 9.18 Å². The minimum absolute atomic E-state index is 0.0994. The number of likely N-dealkylation sites (tertiary alicyclic amines) is 1. The molecule has 0 unspecified atom stereocenters. The van der Waals surface area contributed by atoms with Crippen LogP contribution < -0.4 is 9.47 Å². The van der Waals surface area contributed by atoms with Crippen LogP contribution in [0.15, 0.2) is 36.7 Å². The van der Waals surface area contributed by atoms with Crippen molar-refractivity contribution < 1.29 is 18.7 Å². The number of ether oxygens (including phenoxy) is 2. The van der Waals surface area contributed by atoms with E-state index in [2.05, 4.69) is 9.97 Å². The van der Waals surface area contributed by atoms with Gasteiger partial charge in [0, 0.05) is 18.0 Å². The summed E-state index contributed by atoms with van der Waals surface area (Å²) < 4.78 is 24.3. The van der Waals surface area contributed by atoms with Gasteiger partial charge in [-0.3, -0.25) is 4.79 Å². The van der Waals surface area contributed by atoms with Crippen molar-refractivity contribution in [3.05, 3.63) is 47.5 Å². The molecule has 1 aromatic carbocycles. The molecule has 1 amide bonds. The average Bonchev–Trinajstić information content (AvgIpc) is 3.06. The molecule has 1 atom stereocenters. The number of benzene rings is 1. The van der Waals surface area contributed by atoms with E-state index in [1.165, 1.54) is 0 Å². The molecule has 1 aromatic heterocycles. The smallest absolute Gasteiger partial charge is 0.316 e. The average molecular weight is 380 g/mol. The number of aromatic nitrogens is 2. The largest absolute Gasteiger partial charge is 0.478 e. The van der Waals surface area contributed by atoms with Crippen molar-refractivity contribution in [3.63, 3.8) is 0 Å². The summed E-state index contributed by atoms with van der Waals surface area (Å²) >= 11 is 5.86. The Balaban J connectivity index is 1.59. The summed E-state index contributed by atoms with van der Waals surface area (Å²) in [7, 11) is 0. The summed E-state index contributed by atoms with van der Waals surface area (Å²) in [5.41, 5.74) is -1.03. The summed E-state index contributed by atoms with van der Waals surface area (Å²) in [6.07, 6.45) is 2.49. The molecule has 0 bridgehead atoms. The quantitative estimate of drug-likeness (QED) is 0.798. The van der Waals surface area contributed by atoms with Crippen molar-refractivity contribution in [2.75, 3.05) is 13.1 Å². The first-order valence-electron chi connectivity index (χ1n) is 8.22. The molecule has 1 aliphatic rings. The molecule has 1 fully saturated rings. The zero-order valence-electron chi connectivity index (χ0n) is 14.5. The summed E-state index contributed by atoms with van der Waals surface area (Å²) in [5.74, 6) is -0.0975. The Hall–Kier alpha value is -2.41. The molecule has 2 heterocycles. The van der Waals surface area contributed by atoms with E-state index in [4.69, 9.17) is 21.1 Å². The van der Waals surface area contributed by atoms with E-state index in [-0.39, 0.29) is 18.0 Å². The second kappa shape index (κ2) is 7.45. The number of nitrogens with zero attached hydrogens (tertiary/aromatic N) is 3. The van der Waals surface area contributed by atoms with Crippen LogP contribution in [0.3, 0.4) is 0 Å². The number of hydrogen-bond acceptors (Lipinski definition) is 5. The Kier molecular flexibility index (Phi) is 5.27. The lowest BCUT2D eigenvalue weighted by molar-refractivity contribution is -0.144. The molecule has 0 aliphatic carbocycles. The van der Waals surface area contributed by atoms with Crippen LogP contribution in [0.4, 0.5) is 4.39 Å². The van der Waals surface area contributed by atoms with Gasteiger partial charge in [-0.2, -0.15) is 0 Å². The number of carbonyl (C=O) groups is 1. The van der Waals surface area contributed by atoms with Crippen LogP contribution in [-0.4, -0.2) is 45.6 Å². The first kappa shape index (κ1) is 18.4. The Labute approximate surface area is 155 Å². The van der Waals surface area contributed by atoms with Gasteiger partial charge in [0.25, 0.3) is 5.91 Å². The molecule has 3 rings (SSSR count). The fraction of sp³-hybridized carbons (Fsp3) is 0.389. The van der Waals surface area contributed by atoms with Crippen molar-refractivity contribution >= 4 is 17.5 Å². The zero-order chi connectivity index (χ0) is 18.7. The third-order valence-corrected chi connectivity index (χ3v) is 4.25. The van der Waals surface area contributed by atoms with Gasteiger partial charge in [-0.1, -0.05) is 11.6 Å². The van der Waals surface area contributed by atoms with E-state index < -0.39 is 11.4 Å². The molecule has 0 saturated carbocycles. The van der Waals surface area contributed by atoms with E-state index in [1.54, 1.807) is 43.0 Å². The van der Waals surface area contributed by atoms with Gasteiger partial charge in [0.1, 0.15) is 11.9 Å². The normalized spacial score (nSPS) is 17.2. The molecule has 0 spiro atoms. The number of amides is 1. The lowest BCUT2D eigenvalue weighted by Gasteiger charge is -2.30. The minimum Gasteiger partial charge on any atom is -0.478 e. The molecule has 0 N–H and O–H groups in total. The van der Waals surface area contributed by atoms with Crippen molar-refractivity contribution in [2.45, 2.75) is 32.0 Å². The van der Waals surface area contributed by atoms with E-state index in [0.29, 0.717) is 30.3 Å². The van der Waals surface area contributed by atoms with Gasteiger partial charge in [0.05, 0.1) is 18.9 Å². The van der Waals surface area contributed by atoms with Crippen molar-refractivity contribution in [1.29, 1.82) is 0 Å². The van der Waals surface area contributed by atoms with Crippen LogP contribution in [0.5, 0.6) is 11.8 Å². The predicted octanol–water partition coefficient (Wildman–Crippen LogP) is 3.11. The van der Waals surface area contributed by atoms with Crippen molar-refractivity contribution in [2.24, 2.45) is 0 Å². The SMILES string of the molecule is CC(C)(Oc1ccc(Cl)cc1)C(=O)N1CC[C@H](Oc2ncc(F)cn2)C1. The molecule has 8 heteroatoms. The molecule has 26 heavy (non-hydrogen) atoms. The first-order chi connectivity index (χ1) is 12.3. The van der Waals surface area contributed by atoms with Gasteiger partial charge in [-0.05, 0) is 38.1 Å². The number of carbonyl (C=O) groups excluding carboxylic acids is 1.